The summed E-state index contributed by atoms with van der Waals surface area (Å²) in [6.07, 6.45) is 1.76. The second-order valence-corrected chi connectivity index (χ2v) is 6.96. The number of carbonyl (C=O) groups excluding carboxylic acids is 1. The number of carbonyl (C=O) groups is 1. The van der Waals surface area contributed by atoms with Crippen molar-refractivity contribution in [3.8, 4) is 5.75 Å². The molecule has 0 unspecified atom stereocenters. The predicted octanol–water partition coefficient (Wildman–Crippen LogP) is 3.96. The smallest absolute Gasteiger partial charge is 0.236 e. The number of hydrogen-bond donors (Lipinski definition) is 1. The molecule has 0 spiro atoms. The van der Waals surface area contributed by atoms with E-state index < -0.39 is 0 Å². The molecule has 124 valence electrons. The predicted molar refractivity (Wildman–Crippen MR) is 99.8 cm³/mol. The SMILES string of the molecule is CCOc1ccc2nc(NC(=O)CSCc3ccccn3)sc2c1. The lowest BCUT2D eigenvalue weighted by Crippen LogP contribution is -2.13. The largest absolute Gasteiger partial charge is 0.494 e. The molecule has 5 nitrogen and oxygen atoms in total. The van der Waals surface area contributed by atoms with Crippen molar-refractivity contribution in [3.63, 3.8) is 0 Å². The molecule has 24 heavy (non-hydrogen) atoms. The minimum absolute atomic E-state index is 0.0555. The average molecular weight is 359 g/mol. The van der Waals surface area contributed by atoms with Gasteiger partial charge in [0.2, 0.25) is 5.91 Å². The van der Waals surface area contributed by atoms with E-state index in [1.807, 2.05) is 43.3 Å². The van der Waals surface area contributed by atoms with Crippen LogP contribution in [0.2, 0.25) is 0 Å². The standard InChI is InChI=1S/C17H17N3O2S2/c1-2-22-13-6-7-14-15(9-13)24-17(19-14)20-16(21)11-23-10-12-5-3-4-8-18-12/h3-9H,2,10-11H2,1H3,(H,19,20,21). The topological polar surface area (TPSA) is 64.1 Å². The first kappa shape index (κ1) is 16.7. The summed E-state index contributed by atoms with van der Waals surface area (Å²) in [5.41, 5.74) is 1.83. The number of anilines is 1. The molecule has 0 saturated carbocycles. The highest BCUT2D eigenvalue weighted by molar-refractivity contribution is 7.99. The molecule has 0 bridgehead atoms. The first-order valence-electron chi connectivity index (χ1n) is 7.55. The van der Waals surface area contributed by atoms with Crippen LogP contribution in [0.5, 0.6) is 5.75 Å². The van der Waals surface area contributed by atoms with Gasteiger partial charge >= 0.3 is 0 Å². The Morgan fingerprint density at radius 2 is 2.25 bits per heavy atom. The molecular weight excluding hydrogens is 342 g/mol. The van der Waals surface area contributed by atoms with Gasteiger partial charge in [0.25, 0.3) is 0 Å². The van der Waals surface area contributed by atoms with Gasteiger partial charge in [-0.2, -0.15) is 0 Å². The molecule has 0 aliphatic rings. The molecule has 7 heteroatoms. The highest BCUT2D eigenvalue weighted by atomic mass is 32.2. The number of thioether (sulfide) groups is 1. The van der Waals surface area contributed by atoms with Crippen molar-refractivity contribution in [1.29, 1.82) is 0 Å². The van der Waals surface area contributed by atoms with Crippen molar-refractivity contribution in [2.24, 2.45) is 0 Å². The van der Waals surface area contributed by atoms with Crippen molar-refractivity contribution in [1.82, 2.24) is 9.97 Å². The Labute approximate surface area is 148 Å². The molecule has 0 fully saturated rings. The Morgan fingerprint density at radius 1 is 1.33 bits per heavy atom. The fourth-order valence-corrected chi connectivity index (χ4v) is 3.75. The molecule has 0 aliphatic heterocycles. The summed E-state index contributed by atoms with van der Waals surface area (Å²) in [5, 5.41) is 3.47. The van der Waals surface area contributed by atoms with Crippen molar-refractivity contribution < 1.29 is 9.53 Å². The summed E-state index contributed by atoms with van der Waals surface area (Å²) in [7, 11) is 0. The van der Waals surface area contributed by atoms with E-state index in [9.17, 15) is 4.79 Å². The number of nitrogens with one attached hydrogen (secondary N) is 1. The fourth-order valence-electron chi connectivity index (χ4n) is 2.10. The number of aromatic nitrogens is 2. The van der Waals surface area contributed by atoms with Crippen molar-refractivity contribution >= 4 is 44.4 Å². The van der Waals surface area contributed by atoms with E-state index in [0.29, 0.717) is 23.2 Å². The monoisotopic (exact) mass is 359 g/mol. The number of hydrogen-bond acceptors (Lipinski definition) is 6. The molecular formula is C17H17N3O2S2. The van der Waals surface area contributed by atoms with E-state index in [0.717, 1.165) is 21.7 Å². The third-order valence-corrected chi connectivity index (χ3v) is 5.03. The lowest BCUT2D eigenvalue weighted by molar-refractivity contribution is -0.113. The summed E-state index contributed by atoms with van der Waals surface area (Å²) < 4.78 is 6.48. The van der Waals surface area contributed by atoms with Gasteiger partial charge in [-0.3, -0.25) is 9.78 Å². The van der Waals surface area contributed by atoms with E-state index in [-0.39, 0.29) is 5.91 Å². The molecule has 1 amide bonds. The molecule has 0 aliphatic carbocycles. The Morgan fingerprint density at radius 3 is 3.04 bits per heavy atom. The first-order valence-corrected chi connectivity index (χ1v) is 9.52. The Kier molecular flexibility index (Phi) is 5.66. The molecule has 1 aromatic carbocycles. The minimum atomic E-state index is -0.0555. The molecule has 0 radical (unpaired) electrons. The van der Waals surface area contributed by atoms with Crippen LogP contribution in [0.4, 0.5) is 5.13 Å². The number of nitrogens with zero attached hydrogens (tertiary/aromatic N) is 2. The third-order valence-electron chi connectivity index (χ3n) is 3.13. The Hall–Kier alpha value is -2.12. The minimum Gasteiger partial charge on any atom is -0.494 e. The number of fused-ring (bicyclic) bond motifs is 1. The van der Waals surface area contributed by atoms with E-state index in [4.69, 9.17) is 4.74 Å². The lowest BCUT2D eigenvalue weighted by Gasteiger charge is -2.01. The number of amides is 1. The second kappa shape index (κ2) is 8.12. The van der Waals surface area contributed by atoms with E-state index in [1.54, 1.807) is 6.20 Å². The number of rotatable bonds is 7. The number of ether oxygens (including phenoxy) is 1. The highest BCUT2D eigenvalue weighted by Gasteiger charge is 2.09. The Balaban J connectivity index is 1.55. The summed E-state index contributed by atoms with van der Waals surface area (Å²) in [6, 6.07) is 11.5. The van der Waals surface area contributed by atoms with Gasteiger partial charge in [-0.1, -0.05) is 17.4 Å². The summed E-state index contributed by atoms with van der Waals surface area (Å²) >= 11 is 2.98. The average Bonchev–Trinajstić information content (AvgIpc) is 2.97. The summed E-state index contributed by atoms with van der Waals surface area (Å²) in [5.74, 6) is 1.85. The van der Waals surface area contributed by atoms with E-state index >= 15 is 0 Å². The van der Waals surface area contributed by atoms with Gasteiger partial charge in [0, 0.05) is 11.9 Å². The molecule has 0 saturated heterocycles. The molecule has 1 N–H and O–H groups in total. The van der Waals surface area contributed by atoms with E-state index in [1.165, 1.54) is 23.1 Å². The third kappa shape index (κ3) is 4.46. The van der Waals surface area contributed by atoms with Crippen LogP contribution < -0.4 is 10.1 Å². The zero-order valence-electron chi connectivity index (χ0n) is 13.2. The van der Waals surface area contributed by atoms with Crippen LogP contribution >= 0.6 is 23.1 Å². The maximum atomic E-state index is 12.0. The zero-order chi connectivity index (χ0) is 16.8. The van der Waals surface area contributed by atoms with Crippen LogP contribution in [0.1, 0.15) is 12.6 Å². The maximum Gasteiger partial charge on any atom is 0.236 e. The van der Waals surface area contributed by atoms with Crippen LogP contribution in [-0.2, 0) is 10.5 Å². The number of benzene rings is 1. The Bertz CT molecular complexity index is 821. The fraction of sp³-hybridized carbons (Fsp3) is 0.235. The zero-order valence-corrected chi connectivity index (χ0v) is 14.8. The highest BCUT2D eigenvalue weighted by Crippen LogP contribution is 2.29. The molecule has 3 aromatic rings. The van der Waals surface area contributed by atoms with Crippen LogP contribution in [0.3, 0.4) is 0 Å². The van der Waals surface area contributed by atoms with Gasteiger partial charge in [0.05, 0.1) is 28.3 Å². The number of pyridine rings is 1. The van der Waals surface area contributed by atoms with Crippen LogP contribution in [-0.4, -0.2) is 28.2 Å². The summed E-state index contributed by atoms with van der Waals surface area (Å²) in [4.78, 5) is 20.7. The first-order chi connectivity index (χ1) is 11.7. The van der Waals surface area contributed by atoms with Gasteiger partial charge < -0.3 is 10.1 Å². The summed E-state index contributed by atoms with van der Waals surface area (Å²) in [6.45, 7) is 2.58. The van der Waals surface area contributed by atoms with Crippen LogP contribution in [0.15, 0.2) is 42.6 Å². The van der Waals surface area contributed by atoms with Crippen molar-refractivity contribution in [2.75, 3.05) is 17.7 Å². The number of thiazole rings is 1. The molecule has 3 rings (SSSR count). The van der Waals surface area contributed by atoms with Gasteiger partial charge in [-0.15, -0.1) is 11.8 Å². The van der Waals surface area contributed by atoms with Gasteiger partial charge in [-0.25, -0.2) is 4.98 Å². The molecule has 0 atom stereocenters. The quantitative estimate of drug-likeness (QED) is 0.692. The van der Waals surface area contributed by atoms with Crippen molar-refractivity contribution in [2.45, 2.75) is 12.7 Å². The van der Waals surface area contributed by atoms with Gasteiger partial charge in [0.1, 0.15) is 5.75 Å². The van der Waals surface area contributed by atoms with Crippen molar-refractivity contribution in [3.05, 3.63) is 48.3 Å². The van der Waals surface area contributed by atoms with Crippen LogP contribution in [0, 0.1) is 0 Å². The van der Waals surface area contributed by atoms with Gasteiger partial charge in [0.15, 0.2) is 5.13 Å². The maximum absolute atomic E-state index is 12.0. The van der Waals surface area contributed by atoms with E-state index in [2.05, 4.69) is 15.3 Å². The normalized spacial score (nSPS) is 10.7. The van der Waals surface area contributed by atoms with Crippen LogP contribution in [0.25, 0.3) is 10.2 Å². The second-order valence-electron chi connectivity index (χ2n) is 4.94. The lowest BCUT2D eigenvalue weighted by atomic mass is 10.3. The molecule has 2 heterocycles. The molecule has 2 aromatic heterocycles. The van der Waals surface area contributed by atoms with Gasteiger partial charge in [-0.05, 0) is 37.3 Å².